The standard InChI is InChI=1S/C24H27N3O4/c1-4-13-25-24(30)20-7-5-6-8-21(20)26-23(29)17-14-22(28)27(15-17)18-9-11-19(12-10-18)31-16(2)3/h4-12,16-17H,1,13-15H2,2-3H3,(H,25,30)(H,26,29)/t17-/m0/s1. The van der Waals surface area contributed by atoms with Crippen molar-refractivity contribution in [3.05, 3.63) is 66.7 Å². The molecule has 0 unspecified atom stereocenters. The summed E-state index contributed by atoms with van der Waals surface area (Å²) in [5.74, 6) is -0.493. The van der Waals surface area contributed by atoms with Crippen molar-refractivity contribution in [3.63, 3.8) is 0 Å². The maximum atomic E-state index is 12.8. The molecule has 31 heavy (non-hydrogen) atoms. The van der Waals surface area contributed by atoms with Crippen molar-refractivity contribution in [2.24, 2.45) is 5.92 Å². The molecule has 7 nitrogen and oxygen atoms in total. The molecule has 0 aliphatic carbocycles. The minimum absolute atomic E-state index is 0.0640. The van der Waals surface area contributed by atoms with Gasteiger partial charge in [0.25, 0.3) is 5.91 Å². The Bertz CT molecular complexity index is 969. The lowest BCUT2D eigenvalue weighted by atomic mass is 10.1. The third-order valence-electron chi connectivity index (χ3n) is 4.85. The number of rotatable bonds is 8. The lowest BCUT2D eigenvalue weighted by molar-refractivity contribution is -0.122. The van der Waals surface area contributed by atoms with Crippen LogP contribution in [0.15, 0.2) is 61.2 Å². The normalized spacial score (nSPS) is 15.6. The number of anilines is 2. The molecule has 0 aromatic heterocycles. The van der Waals surface area contributed by atoms with Crippen molar-refractivity contribution in [3.8, 4) is 5.75 Å². The lowest BCUT2D eigenvalue weighted by Gasteiger charge is -2.18. The van der Waals surface area contributed by atoms with E-state index in [9.17, 15) is 14.4 Å². The van der Waals surface area contributed by atoms with E-state index in [0.717, 1.165) is 11.4 Å². The van der Waals surface area contributed by atoms with Gasteiger partial charge in [0.05, 0.1) is 23.3 Å². The van der Waals surface area contributed by atoms with Gasteiger partial charge in [0.15, 0.2) is 0 Å². The molecule has 2 N–H and O–H groups in total. The van der Waals surface area contributed by atoms with Crippen LogP contribution in [0.3, 0.4) is 0 Å². The second kappa shape index (κ2) is 9.93. The van der Waals surface area contributed by atoms with Crippen LogP contribution in [0.2, 0.25) is 0 Å². The van der Waals surface area contributed by atoms with Gasteiger partial charge in [-0.3, -0.25) is 14.4 Å². The lowest BCUT2D eigenvalue weighted by Crippen LogP contribution is -2.29. The number of para-hydroxylation sites is 1. The quantitative estimate of drug-likeness (QED) is 0.640. The number of carbonyl (C=O) groups is 3. The van der Waals surface area contributed by atoms with E-state index in [1.54, 1.807) is 35.2 Å². The molecule has 0 saturated carbocycles. The first kappa shape index (κ1) is 22.1. The molecule has 1 aliphatic heterocycles. The van der Waals surface area contributed by atoms with Gasteiger partial charge in [0.2, 0.25) is 11.8 Å². The number of amides is 3. The molecule has 162 valence electrons. The molecule has 2 aromatic rings. The zero-order valence-electron chi connectivity index (χ0n) is 17.8. The van der Waals surface area contributed by atoms with Crippen LogP contribution in [0.25, 0.3) is 0 Å². The summed E-state index contributed by atoms with van der Waals surface area (Å²) in [4.78, 5) is 39.3. The highest BCUT2D eigenvalue weighted by molar-refractivity contribution is 6.07. The highest BCUT2D eigenvalue weighted by Gasteiger charge is 2.35. The molecule has 0 radical (unpaired) electrons. The average Bonchev–Trinajstić information content (AvgIpc) is 3.14. The minimum Gasteiger partial charge on any atom is -0.491 e. The Labute approximate surface area is 182 Å². The largest absolute Gasteiger partial charge is 0.491 e. The SMILES string of the molecule is C=CCNC(=O)c1ccccc1NC(=O)[C@H]1CC(=O)N(c2ccc(OC(C)C)cc2)C1. The highest BCUT2D eigenvalue weighted by Crippen LogP contribution is 2.28. The summed E-state index contributed by atoms with van der Waals surface area (Å²) in [7, 11) is 0. The first-order valence-electron chi connectivity index (χ1n) is 10.2. The second-order valence-corrected chi connectivity index (χ2v) is 7.60. The summed E-state index contributed by atoms with van der Waals surface area (Å²) < 4.78 is 5.63. The predicted octanol–water partition coefficient (Wildman–Crippen LogP) is 3.38. The molecule has 7 heteroatoms. The summed E-state index contributed by atoms with van der Waals surface area (Å²) in [5.41, 5.74) is 1.50. The summed E-state index contributed by atoms with van der Waals surface area (Å²) in [6.07, 6.45) is 1.76. The number of hydrogen-bond acceptors (Lipinski definition) is 4. The molecule has 1 atom stereocenters. The molecule has 3 rings (SSSR count). The summed E-state index contributed by atoms with van der Waals surface area (Å²) >= 11 is 0. The van der Waals surface area contributed by atoms with E-state index in [2.05, 4.69) is 17.2 Å². The van der Waals surface area contributed by atoms with E-state index < -0.39 is 5.92 Å². The molecule has 1 saturated heterocycles. The summed E-state index contributed by atoms with van der Waals surface area (Å²) in [6, 6.07) is 14.0. The average molecular weight is 421 g/mol. The zero-order chi connectivity index (χ0) is 22.4. The Kier molecular flexibility index (Phi) is 7.07. The maximum Gasteiger partial charge on any atom is 0.253 e. The van der Waals surface area contributed by atoms with Gasteiger partial charge in [-0.1, -0.05) is 18.2 Å². The van der Waals surface area contributed by atoms with Gasteiger partial charge < -0.3 is 20.3 Å². The molecule has 1 heterocycles. The topological polar surface area (TPSA) is 87.7 Å². The van der Waals surface area contributed by atoms with E-state index >= 15 is 0 Å². The van der Waals surface area contributed by atoms with Crippen molar-refractivity contribution < 1.29 is 19.1 Å². The number of hydrogen-bond donors (Lipinski definition) is 2. The molecule has 1 fully saturated rings. The van der Waals surface area contributed by atoms with Crippen LogP contribution in [0.4, 0.5) is 11.4 Å². The van der Waals surface area contributed by atoms with Crippen LogP contribution in [0, 0.1) is 5.92 Å². The number of benzene rings is 2. The van der Waals surface area contributed by atoms with E-state index in [1.807, 2.05) is 38.1 Å². The fourth-order valence-electron chi connectivity index (χ4n) is 3.39. The van der Waals surface area contributed by atoms with Gasteiger partial charge in [-0.25, -0.2) is 0 Å². The molecule has 0 spiro atoms. The van der Waals surface area contributed by atoms with Crippen LogP contribution in [-0.4, -0.2) is 36.9 Å². The van der Waals surface area contributed by atoms with Crippen LogP contribution in [-0.2, 0) is 9.59 Å². The fraction of sp³-hybridized carbons (Fsp3) is 0.292. The van der Waals surface area contributed by atoms with E-state index in [4.69, 9.17) is 4.74 Å². The van der Waals surface area contributed by atoms with Gasteiger partial charge in [-0.15, -0.1) is 6.58 Å². The van der Waals surface area contributed by atoms with Crippen LogP contribution in [0.1, 0.15) is 30.6 Å². The Balaban J connectivity index is 1.67. The number of carbonyl (C=O) groups excluding carboxylic acids is 3. The van der Waals surface area contributed by atoms with Crippen molar-refractivity contribution >= 4 is 29.1 Å². The van der Waals surface area contributed by atoms with Crippen molar-refractivity contribution in [1.29, 1.82) is 0 Å². The molecular weight excluding hydrogens is 394 g/mol. The van der Waals surface area contributed by atoms with Gasteiger partial charge in [0, 0.05) is 25.2 Å². The molecule has 0 bridgehead atoms. The Morgan fingerprint density at radius 2 is 1.90 bits per heavy atom. The zero-order valence-corrected chi connectivity index (χ0v) is 17.8. The first-order valence-corrected chi connectivity index (χ1v) is 10.2. The van der Waals surface area contributed by atoms with E-state index in [0.29, 0.717) is 17.8 Å². The van der Waals surface area contributed by atoms with Crippen molar-refractivity contribution in [1.82, 2.24) is 5.32 Å². The predicted molar refractivity (Wildman–Crippen MR) is 120 cm³/mol. The smallest absolute Gasteiger partial charge is 0.253 e. The third kappa shape index (κ3) is 5.51. The fourth-order valence-corrected chi connectivity index (χ4v) is 3.39. The van der Waals surface area contributed by atoms with E-state index in [1.165, 1.54) is 0 Å². The van der Waals surface area contributed by atoms with Gasteiger partial charge in [-0.05, 0) is 50.2 Å². The molecular formula is C24H27N3O4. The molecule has 2 aromatic carbocycles. The van der Waals surface area contributed by atoms with Gasteiger partial charge >= 0.3 is 0 Å². The van der Waals surface area contributed by atoms with Crippen LogP contribution >= 0.6 is 0 Å². The Hall–Kier alpha value is -3.61. The summed E-state index contributed by atoms with van der Waals surface area (Å²) in [5, 5.41) is 5.51. The van der Waals surface area contributed by atoms with Crippen molar-refractivity contribution in [2.75, 3.05) is 23.3 Å². The maximum absolute atomic E-state index is 12.8. The second-order valence-electron chi connectivity index (χ2n) is 7.60. The van der Waals surface area contributed by atoms with Gasteiger partial charge in [-0.2, -0.15) is 0 Å². The van der Waals surface area contributed by atoms with E-state index in [-0.39, 0.29) is 36.8 Å². The van der Waals surface area contributed by atoms with Crippen LogP contribution in [0.5, 0.6) is 5.75 Å². The molecule has 3 amide bonds. The first-order chi connectivity index (χ1) is 14.9. The van der Waals surface area contributed by atoms with Crippen molar-refractivity contribution in [2.45, 2.75) is 26.4 Å². The third-order valence-corrected chi connectivity index (χ3v) is 4.85. The monoisotopic (exact) mass is 421 g/mol. The molecule has 1 aliphatic rings. The Morgan fingerprint density at radius 1 is 1.19 bits per heavy atom. The van der Waals surface area contributed by atoms with Crippen LogP contribution < -0.4 is 20.3 Å². The number of nitrogens with one attached hydrogen (secondary N) is 2. The highest BCUT2D eigenvalue weighted by atomic mass is 16.5. The Morgan fingerprint density at radius 3 is 2.58 bits per heavy atom. The van der Waals surface area contributed by atoms with Gasteiger partial charge in [0.1, 0.15) is 5.75 Å². The minimum atomic E-state index is -0.511. The summed E-state index contributed by atoms with van der Waals surface area (Å²) in [6.45, 7) is 8.08. The number of nitrogens with zero attached hydrogens (tertiary/aromatic N) is 1. The number of ether oxygens (including phenoxy) is 1.